The SMILES string of the molecule is CNC(C)CNC(=O)c1cnn(-c2cccc(Cl)c2)c1. The van der Waals surface area contributed by atoms with Crippen molar-refractivity contribution >= 4 is 17.5 Å². The normalized spacial score (nSPS) is 12.2. The van der Waals surface area contributed by atoms with Gasteiger partial charge < -0.3 is 10.6 Å². The molecule has 0 fully saturated rings. The minimum Gasteiger partial charge on any atom is -0.350 e. The molecule has 0 saturated heterocycles. The van der Waals surface area contributed by atoms with Gasteiger partial charge in [0.15, 0.2) is 0 Å². The molecule has 1 amide bonds. The van der Waals surface area contributed by atoms with E-state index in [1.807, 2.05) is 26.1 Å². The molecule has 2 rings (SSSR count). The number of hydrogen-bond acceptors (Lipinski definition) is 3. The Morgan fingerprint density at radius 3 is 3.00 bits per heavy atom. The minimum absolute atomic E-state index is 0.139. The molecule has 106 valence electrons. The van der Waals surface area contributed by atoms with Crippen molar-refractivity contribution in [2.24, 2.45) is 0 Å². The number of carbonyl (C=O) groups excluding carboxylic acids is 1. The van der Waals surface area contributed by atoms with Gasteiger partial charge in [-0.3, -0.25) is 4.79 Å². The summed E-state index contributed by atoms with van der Waals surface area (Å²) in [5.74, 6) is -0.139. The number of likely N-dealkylation sites (N-methyl/N-ethyl adjacent to an activating group) is 1. The Labute approximate surface area is 122 Å². The molecule has 0 aliphatic rings. The number of nitrogens with one attached hydrogen (secondary N) is 2. The average molecular weight is 293 g/mol. The maximum Gasteiger partial charge on any atom is 0.254 e. The van der Waals surface area contributed by atoms with Gasteiger partial charge in [-0.1, -0.05) is 17.7 Å². The summed E-state index contributed by atoms with van der Waals surface area (Å²) in [7, 11) is 1.86. The van der Waals surface area contributed by atoms with Crippen LogP contribution in [0.2, 0.25) is 5.02 Å². The van der Waals surface area contributed by atoms with Crippen LogP contribution in [0.15, 0.2) is 36.7 Å². The van der Waals surface area contributed by atoms with Crippen LogP contribution in [0.25, 0.3) is 5.69 Å². The summed E-state index contributed by atoms with van der Waals surface area (Å²) in [6, 6.07) is 7.53. The highest BCUT2D eigenvalue weighted by Crippen LogP contribution is 2.14. The molecule has 1 unspecified atom stereocenters. The lowest BCUT2D eigenvalue weighted by atomic mass is 10.3. The fourth-order valence-electron chi connectivity index (χ4n) is 1.65. The largest absolute Gasteiger partial charge is 0.350 e. The van der Waals surface area contributed by atoms with E-state index in [0.717, 1.165) is 5.69 Å². The van der Waals surface area contributed by atoms with Crippen molar-refractivity contribution in [3.05, 3.63) is 47.2 Å². The van der Waals surface area contributed by atoms with E-state index >= 15 is 0 Å². The second-order valence-corrected chi connectivity index (χ2v) is 4.99. The maximum absolute atomic E-state index is 12.0. The third kappa shape index (κ3) is 3.59. The van der Waals surface area contributed by atoms with Crippen molar-refractivity contribution in [3.63, 3.8) is 0 Å². The second kappa shape index (κ2) is 6.54. The van der Waals surface area contributed by atoms with Crippen LogP contribution in [0, 0.1) is 0 Å². The molecular formula is C14H17ClN4O. The lowest BCUT2D eigenvalue weighted by Gasteiger charge is -2.10. The van der Waals surface area contributed by atoms with E-state index in [0.29, 0.717) is 17.1 Å². The Balaban J connectivity index is 2.07. The fraction of sp³-hybridized carbons (Fsp3) is 0.286. The second-order valence-electron chi connectivity index (χ2n) is 4.55. The average Bonchev–Trinajstić information content (AvgIpc) is 2.94. The lowest BCUT2D eigenvalue weighted by molar-refractivity contribution is 0.0950. The van der Waals surface area contributed by atoms with Crippen molar-refractivity contribution in [1.29, 1.82) is 0 Å². The molecule has 0 bridgehead atoms. The van der Waals surface area contributed by atoms with Crippen molar-refractivity contribution in [2.75, 3.05) is 13.6 Å². The monoisotopic (exact) mass is 292 g/mol. The molecule has 2 aromatic rings. The van der Waals surface area contributed by atoms with E-state index in [1.54, 1.807) is 29.2 Å². The van der Waals surface area contributed by atoms with Gasteiger partial charge in [0.25, 0.3) is 5.91 Å². The third-order valence-corrected chi connectivity index (χ3v) is 3.21. The molecule has 0 radical (unpaired) electrons. The maximum atomic E-state index is 12.0. The fourth-order valence-corrected chi connectivity index (χ4v) is 1.83. The Morgan fingerprint density at radius 2 is 2.30 bits per heavy atom. The molecule has 6 heteroatoms. The van der Waals surface area contributed by atoms with Crippen LogP contribution in [-0.2, 0) is 0 Å². The molecule has 20 heavy (non-hydrogen) atoms. The number of halogens is 1. The number of nitrogens with zero attached hydrogens (tertiary/aromatic N) is 2. The van der Waals surface area contributed by atoms with Crippen molar-refractivity contribution in [2.45, 2.75) is 13.0 Å². The van der Waals surface area contributed by atoms with Gasteiger partial charge in [-0.25, -0.2) is 4.68 Å². The van der Waals surface area contributed by atoms with Crippen molar-refractivity contribution in [1.82, 2.24) is 20.4 Å². The van der Waals surface area contributed by atoms with E-state index in [9.17, 15) is 4.79 Å². The zero-order chi connectivity index (χ0) is 14.5. The summed E-state index contributed by atoms with van der Waals surface area (Å²) in [6.07, 6.45) is 3.23. The Kier molecular flexibility index (Phi) is 4.76. The summed E-state index contributed by atoms with van der Waals surface area (Å²) in [4.78, 5) is 12.0. The van der Waals surface area contributed by atoms with Crippen LogP contribution in [0.3, 0.4) is 0 Å². The molecule has 5 nitrogen and oxygen atoms in total. The predicted octanol–water partition coefficient (Wildman–Crippen LogP) is 1.86. The summed E-state index contributed by atoms with van der Waals surface area (Å²) < 4.78 is 1.63. The minimum atomic E-state index is -0.139. The predicted molar refractivity (Wildman–Crippen MR) is 79.4 cm³/mol. The zero-order valence-corrected chi connectivity index (χ0v) is 12.2. The first kappa shape index (κ1) is 14.6. The zero-order valence-electron chi connectivity index (χ0n) is 11.4. The molecule has 1 aromatic heterocycles. The first-order valence-electron chi connectivity index (χ1n) is 6.36. The van der Waals surface area contributed by atoms with Crippen molar-refractivity contribution < 1.29 is 4.79 Å². The van der Waals surface area contributed by atoms with Gasteiger partial charge in [0.1, 0.15) is 0 Å². The first-order chi connectivity index (χ1) is 9.60. The quantitative estimate of drug-likeness (QED) is 0.884. The third-order valence-electron chi connectivity index (χ3n) is 2.98. The molecule has 0 aliphatic heterocycles. The Hall–Kier alpha value is -1.85. The van der Waals surface area contributed by atoms with E-state index in [1.165, 1.54) is 0 Å². The molecule has 1 heterocycles. The summed E-state index contributed by atoms with van der Waals surface area (Å²) in [6.45, 7) is 2.56. The van der Waals surface area contributed by atoms with E-state index in [2.05, 4.69) is 15.7 Å². The summed E-state index contributed by atoms with van der Waals surface area (Å²) in [5.41, 5.74) is 1.34. The van der Waals surface area contributed by atoms with Crippen LogP contribution >= 0.6 is 11.6 Å². The van der Waals surface area contributed by atoms with Crippen LogP contribution in [0.4, 0.5) is 0 Å². The topological polar surface area (TPSA) is 58.9 Å². The molecule has 2 N–H and O–H groups in total. The highest BCUT2D eigenvalue weighted by molar-refractivity contribution is 6.30. The first-order valence-corrected chi connectivity index (χ1v) is 6.74. The van der Waals surface area contributed by atoms with Gasteiger partial charge >= 0.3 is 0 Å². The number of aromatic nitrogens is 2. The van der Waals surface area contributed by atoms with Crippen LogP contribution in [0.1, 0.15) is 17.3 Å². The van der Waals surface area contributed by atoms with Crippen LogP contribution < -0.4 is 10.6 Å². The molecule has 1 aromatic carbocycles. The number of hydrogen-bond donors (Lipinski definition) is 2. The molecule has 0 aliphatic carbocycles. The van der Waals surface area contributed by atoms with Crippen molar-refractivity contribution in [3.8, 4) is 5.69 Å². The molecular weight excluding hydrogens is 276 g/mol. The van der Waals surface area contributed by atoms with Crippen LogP contribution in [0.5, 0.6) is 0 Å². The van der Waals surface area contributed by atoms with Gasteiger partial charge in [0.05, 0.1) is 17.4 Å². The number of amides is 1. The van der Waals surface area contributed by atoms with Gasteiger partial charge in [0, 0.05) is 23.8 Å². The van der Waals surface area contributed by atoms with E-state index < -0.39 is 0 Å². The summed E-state index contributed by atoms with van der Waals surface area (Å²) >= 11 is 5.94. The van der Waals surface area contributed by atoms with Gasteiger partial charge in [-0.15, -0.1) is 0 Å². The standard InChI is InChI=1S/C14H17ClN4O/c1-10(16-2)7-17-14(20)11-8-18-19(9-11)13-5-3-4-12(15)6-13/h3-6,8-10,16H,7H2,1-2H3,(H,17,20). The lowest BCUT2D eigenvalue weighted by Crippen LogP contribution is -2.37. The number of benzene rings is 1. The number of carbonyl (C=O) groups is 1. The highest BCUT2D eigenvalue weighted by atomic mass is 35.5. The van der Waals surface area contributed by atoms with Gasteiger partial charge in [0.2, 0.25) is 0 Å². The number of rotatable bonds is 5. The Bertz CT molecular complexity index is 596. The van der Waals surface area contributed by atoms with Crippen LogP contribution in [-0.4, -0.2) is 35.3 Å². The van der Waals surface area contributed by atoms with Gasteiger partial charge in [-0.2, -0.15) is 5.10 Å². The van der Waals surface area contributed by atoms with E-state index in [-0.39, 0.29) is 11.9 Å². The molecule has 1 atom stereocenters. The van der Waals surface area contributed by atoms with Gasteiger partial charge in [-0.05, 0) is 32.2 Å². The highest BCUT2D eigenvalue weighted by Gasteiger charge is 2.10. The Morgan fingerprint density at radius 1 is 1.50 bits per heavy atom. The van der Waals surface area contributed by atoms with E-state index in [4.69, 9.17) is 11.6 Å². The molecule has 0 saturated carbocycles. The summed E-state index contributed by atoms with van der Waals surface area (Å²) in [5, 5.41) is 10.7. The smallest absolute Gasteiger partial charge is 0.254 e. The molecule has 0 spiro atoms.